The standard InChI is InChI=1S/C20H21N3O5/c1-28-17-8-7-14(11-16(17)23-10-9-21-20(23)27)18(24)22-12-15(19(25)26)13-5-3-2-4-6-13/h2-8,11,15H,9-10,12H2,1H3,(H,21,27)(H,22,24)(H,25,26). The molecule has 2 aromatic carbocycles. The Kier molecular flexibility index (Phi) is 5.78. The smallest absolute Gasteiger partial charge is 0.322 e. The van der Waals surface area contributed by atoms with Crippen LogP contribution in [0.25, 0.3) is 0 Å². The fourth-order valence-electron chi connectivity index (χ4n) is 3.07. The molecule has 0 bridgehead atoms. The lowest BCUT2D eigenvalue weighted by Gasteiger charge is -2.19. The van der Waals surface area contributed by atoms with Crippen LogP contribution in [0.5, 0.6) is 5.75 Å². The van der Waals surface area contributed by atoms with E-state index in [2.05, 4.69) is 10.6 Å². The Balaban J connectivity index is 1.77. The van der Waals surface area contributed by atoms with Crippen molar-refractivity contribution in [3.05, 3.63) is 59.7 Å². The maximum Gasteiger partial charge on any atom is 0.322 e. The predicted octanol–water partition coefficient (Wildman–Crippen LogP) is 1.82. The van der Waals surface area contributed by atoms with E-state index in [4.69, 9.17) is 4.74 Å². The second-order valence-electron chi connectivity index (χ2n) is 6.28. The molecule has 1 aliphatic rings. The monoisotopic (exact) mass is 383 g/mol. The number of hydrogen-bond donors (Lipinski definition) is 3. The van der Waals surface area contributed by atoms with Crippen LogP contribution in [-0.4, -0.2) is 49.8 Å². The lowest BCUT2D eigenvalue weighted by Crippen LogP contribution is -2.32. The highest BCUT2D eigenvalue weighted by molar-refractivity contribution is 6.00. The molecule has 8 heteroatoms. The van der Waals surface area contributed by atoms with Gasteiger partial charge in [-0.1, -0.05) is 30.3 Å². The molecule has 0 radical (unpaired) electrons. The molecule has 1 unspecified atom stereocenters. The molecule has 0 spiro atoms. The summed E-state index contributed by atoms with van der Waals surface area (Å²) in [5.41, 5.74) is 1.41. The van der Waals surface area contributed by atoms with Crippen LogP contribution in [0, 0.1) is 0 Å². The third-order valence-electron chi connectivity index (χ3n) is 4.56. The molecule has 0 saturated carbocycles. The zero-order valence-electron chi connectivity index (χ0n) is 15.3. The van der Waals surface area contributed by atoms with Gasteiger partial charge in [0.15, 0.2) is 0 Å². The minimum Gasteiger partial charge on any atom is -0.495 e. The molecule has 28 heavy (non-hydrogen) atoms. The van der Waals surface area contributed by atoms with E-state index >= 15 is 0 Å². The van der Waals surface area contributed by atoms with Gasteiger partial charge in [0.05, 0.1) is 18.7 Å². The lowest BCUT2D eigenvalue weighted by atomic mass is 9.99. The van der Waals surface area contributed by atoms with Crippen molar-refractivity contribution in [3.8, 4) is 5.75 Å². The molecular weight excluding hydrogens is 362 g/mol. The quantitative estimate of drug-likeness (QED) is 0.676. The van der Waals surface area contributed by atoms with E-state index in [0.717, 1.165) is 0 Å². The normalized spacial score (nSPS) is 14.3. The number of nitrogens with zero attached hydrogens (tertiary/aromatic N) is 1. The van der Waals surface area contributed by atoms with Crippen molar-refractivity contribution in [1.82, 2.24) is 10.6 Å². The topological polar surface area (TPSA) is 108 Å². The van der Waals surface area contributed by atoms with Crippen LogP contribution in [0.15, 0.2) is 48.5 Å². The highest BCUT2D eigenvalue weighted by atomic mass is 16.5. The van der Waals surface area contributed by atoms with Gasteiger partial charge in [0.2, 0.25) is 0 Å². The Morgan fingerprint density at radius 3 is 2.61 bits per heavy atom. The largest absolute Gasteiger partial charge is 0.495 e. The number of hydrogen-bond acceptors (Lipinski definition) is 4. The molecule has 1 atom stereocenters. The van der Waals surface area contributed by atoms with Crippen molar-refractivity contribution in [3.63, 3.8) is 0 Å². The van der Waals surface area contributed by atoms with Crippen LogP contribution >= 0.6 is 0 Å². The lowest BCUT2D eigenvalue weighted by molar-refractivity contribution is -0.138. The van der Waals surface area contributed by atoms with Crippen LogP contribution < -0.4 is 20.3 Å². The van der Waals surface area contributed by atoms with E-state index in [0.29, 0.717) is 35.7 Å². The van der Waals surface area contributed by atoms with Crippen LogP contribution in [-0.2, 0) is 4.79 Å². The van der Waals surface area contributed by atoms with E-state index in [-0.39, 0.29) is 12.6 Å². The zero-order valence-corrected chi connectivity index (χ0v) is 15.3. The molecule has 1 saturated heterocycles. The molecular formula is C20H21N3O5. The van der Waals surface area contributed by atoms with Crippen molar-refractivity contribution in [2.75, 3.05) is 31.6 Å². The summed E-state index contributed by atoms with van der Waals surface area (Å²) < 4.78 is 5.30. The third-order valence-corrected chi connectivity index (χ3v) is 4.56. The van der Waals surface area contributed by atoms with Gasteiger partial charge in [-0.05, 0) is 23.8 Å². The van der Waals surface area contributed by atoms with E-state index in [1.807, 2.05) is 0 Å². The number of ether oxygens (including phenoxy) is 1. The van der Waals surface area contributed by atoms with Gasteiger partial charge in [-0.3, -0.25) is 14.5 Å². The summed E-state index contributed by atoms with van der Waals surface area (Å²) in [6.07, 6.45) is 0. The summed E-state index contributed by atoms with van der Waals surface area (Å²) in [4.78, 5) is 37.6. The van der Waals surface area contributed by atoms with E-state index < -0.39 is 17.8 Å². The minimum absolute atomic E-state index is 0.0518. The Hall–Kier alpha value is -3.55. The van der Waals surface area contributed by atoms with Gasteiger partial charge < -0.3 is 20.5 Å². The summed E-state index contributed by atoms with van der Waals surface area (Å²) in [6.45, 7) is 0.925. The molecule has 0 aliphatic carbocycles. The number of aliphatic carboxylic acids is 1. The second-order valence-corrected chi connectivity index (χ2v) is 6.28. The zero-order chi connectivity index (χ0) is 20.1. The summed E-state index contributed by atoms with van der Waals surface area (Å²) in [5, 5.41) is 14.8. The first kappa shape index (κ1) is 19.2. The number of carboxylic acid groups (broad SMARTS) is 1. The summed E-state index contributed by atoms with van der Waals surface area (Å²) in [7, 11) is 1.49. The average molecular weight is 383 g/mol. The molecule has 146 valence electrons. The van der Waals surface area contributed by atoms with Crippen LogP contribution in [0.1, 0.15) is 21.8 Å². The highest BCUT2D eigenvalue weighted by Gasteiger charge is 2.26. The summed E-state index contributed by atoms with van der Waals surface area (Å²) in [5.74, 6) is -1.82. The molecule has 0 aromatic heterocycles. The molecule has 1 heterocycles. The number of nitrogens with one attached hydrogen (secondary N) is 2. The maximum absolute atomic E-state index is 12.6. The first-order chi connectivity index (χ1) is 13.5. The van der Waals surface area contributed by atoms with Gasteiger partial charge in [-0.2, -0.15) is 0 Å². The van der Waals surface area contributed by atoms with Crippen LogP contribution in [0.2, 0.25) is 0 Å². The number of benzene rings is 2. The Bertz CT molecular complexity index is 885. The number of carbonyl (C=O) groups excluding carboxylic acids is 2. The molecule has 3 rings (SSSR count). The molecule has 8 nitrogen and oxygen atoms in total. The second kappa shape index (κ2) is 8.43. The van der Waals surface area contributed by atoms with Gasteiger partial charge in [0.25, 0.3) is 5.91 Å². The van der Waals surface area contributed by atoms with Crippen molar-refractivity contribution in [2.24, 2.45) is 0 Å². The van der Waals surface area contributed by atoms with Crippen molar-refractivity contribution in [2.45, 2.75) is 5.92 Å². The summed E-state index contributed by atoms with van der Waals surface area (Å²) in [6, 6.07) is 13.2. The van der Waals surface area contributed by atoms with E-state index in [9.17, 15) is 19.5 Å². The molecule has 1 aliphatic heterocycles. The number of amides is 3. The number of carboxylic acids is 1. The van der Waals surface area contributed by atoms with E-state index in [1.165, 1.54) is 12.0 Å². The van der Waals surface area contributed by atoms with Gasteiger partial charge in [-0.15, -0.1) is 0 Å². The fraction of sp³-hybridized carbons (Fsp3) is 0.250. The first-order valence-electron chi connectivity index (χ1n) is 8.80. The molecule has 3 amide bonds. The molecule has 1 fully saturated rings. The number of urea groups is 1. The minimum atomic E-state index is -1.02. The van der Waals surface area contributed by atoms with E-state index in [1.54, 1.807) is 48.5 Å². The Morgan fingerprint density at radius 2 is 2.00 bits per heavy atom. The van der Waals surface area contributed by atoms with Crippen molar-refractivity contribution in [1.29, 1.82) is 0 Å². The van der Waals surface area contributed by atoms with Gasteiger partial charge in [0.1, 0.15) is 5.75 Å². The third kappa shape index (κ3) is 4.06. The Labute approximate surface area is 162 Å². The van der Waals surface area contributed by atoms with Crippen LogP contribution in [0.3, 0.4) is 0 Å². The van der Waals surface area contributed by atoms with Gasteiger partial charge >= 0.3 is 12.0 Å². The molecule has 3 N–H and O–H groups in total. The number of rotatable bonds is 7. The van der Waals surface area contributed by atoms with Crippen LogP contribution in [0.4, 0.5) is 10.5 Å². The van der Waals surface area contributed by atoms with Crippen molar-refractivity contribution >= 4 is 23.6 Å². The summed E-state index contributed by atoms with van der Waals surface area (Å²) >= 11 is 0. The fourth-order valence-corrected chi connectivity index (χ4v) is 3.07. The van der Waals surface area contributed by atoms with Crippen molar-refractivity contribution < 1.29 is 24.2 Å². The predicted molar refractivity (Wildman–Crippen MR) is 103 cm³/mol. The molecule has 2 aromatic rings. The Morgan fingerprint density at radius 1 is 1.25 bits per heavy atom. The van der Waals surface area contributed by atoms with Gasteiger partial charge in [0, 0.05) is 25.2 Å². The highest BCUT2D eigenvalue weighted by Crippen LogP contribution is 2.30. The number of anilines is 1. The number of methoxy groups -OCH3 is 1. The average Bonchev–Trinajstić information content (AvgIpc) is 3.13. The number of carbonyl (C=O) groups is 3. The van der Waals surface area contributed by atoms with Gasteiger partial charge in [-0.25, -0.2) is 4.79 Å². The maximum atomic E-state index is 12.6. The SMILES string of the molecule is COc1ccc(C(=O)NCC(C(=O)O)c2ccccc2)cc1N1CCNC1=O. The first-order valence-corrected chi connectivity index (χ1v) is 8.80.